The third-order valence-corrected chi connectivity index (χ3v) is 4.42. The average molecular weight is 269 g/mol. The molecule has 0 radical (unpaired) electrons. The lowest BCUT2D eigenvalue weighted by Crippen LogP contribution is -2.01. The van der Waals surface area contributed by atoms with Gasteiger partial charge in [0, 0.05) is 5.56 Å². The average Bonchev–Trinajstić information content (AvgIpc) is 2.70. The van der Waals surface area contributed by atoms with Crippen molar-refractivity contribution in [3.63, 3.8) is 0 Å². The van der Waals surface area contributed by atoms with Crippen LogP contribution in [0.2, 0.25) is 4.34 Å². The Morgan fingerprint density at radius 3 is 2.29 bits per heavy atom. The lowest BCUT2D eigenvalue weighted by molar-refractivity contribution is 0.104. The molecule has 0 fully saturated rings. The lowest BCUT2D eigenvalue weighted by Gasteiger charge is -1.97. The van der Waals surface area contributed by atoms with Crippen LogP contribution in [-0.4, -0.2) is 5.78 Å². The normalized spacial score (nSPS) is 10.9. The number of furan rings is 1. The van der Waals surface area contributed by atoms with Crippen LogP contribution in [0.5, 0.6) is 0 Å². The highest BCUT2D eigenvalue weighted by Gasteiger charge is 2.21. The van der Waals surface area contributed by atoms with Crippen molar-refractivity contribution < 1.29 is 9.21 Å². The molecule has 0 aromatic carbocycles. The molecule has 0 N–H and O–H groups in total. The highest BCUT2D eigenvalue weighted by Crippen LogP contribution is 2.31. The van der Waals surface area contributed by atoms with E-state index < -0.39 is 0 Å². The van der Waals surface area contributed by atoms with E-state index in [1.54, 1.807) is 0 Å². The van der Waals surface area contributed by atoms with Crippen molar-refractivity contribution in [3.8, 4) is 0 Å². The van der Waals surface area contributed by atoms with Crippen molar-refractivity contribution in [1.29, 1.82) is 0 Å². The molecule has 17 heavy (non-hydrogen) atoms. The van der Waals surface area contributed by atoms with E-state index >= 15 is 0 Å². The zero-order chi connectivity index (χ0) is 12.7. The van der Waals surface area contributed by atoms with Gasteiger partial charge in [-0.1, -0.05) is 11.6 Å². The fourth-order valence-electron chi connectivity index (χ4n) is 1.82. The van der Waals surface area contributed by atoms with Gasteiger partial charge in [0.1, 0.15) is 11.5 Å². The maximum absolute atomic E-state index is 12.4. The van der Waals surface area contributed by atoms with Gasteiger partial charge in [-0.3, -0.25) is 4.79 Å². The molecule has 2 aromatic rings. The SMILES string of the molecule is Cc1cc(C(=O)c2c(C)oc(C)c2C)sc1Cl. The van der Waals surface area contributed by atoms with Gasteiger partial charge in [-0.05, 0) is 39.3 Å². The van der Waals surface area contributed by atoms with Gasteiger partial charge in [0.25, 0.3) is 0 Å². The molecule has 90 valence electrons. The Morgan fingerprint density at radius 1 is 1.24 bits per heavy atom. The van der Waals surface area contributed by atoms with Crippen molar-refractivity contribution in [2.75, 3.05) is 0 Å². The van der Waals surface area contributed by atoms with Gasteiger partial charge in [-0.25, -0.2) is 0 Å². The first-order valence-corrected chi connectivity index (χ1v) is 6.48. The third kappa shape index (κ3) is 2.05. The van der Waals surface area contributed by atoms with Crippen LogP contribution in [0.1, 0.15) is 37.9 Å². The van der Waals surface area contributed by atoms with Crippen LogP contribution >= 0.6 is 22.9 Å². The number of thiophene rings is 1. The minimum Gasteiger partial charge on any atom is -0.466 e. The number of rotatable bonds is 2. The second-order valence-corrected chi connectivity index (χ2v) is 5.77. The van der Waals surface area contributed by atoms with Crippen molar-refractivity contribution in [2.24, 2.45) is 0 Å². The second kappa shape index (κ2) is 4.31. The van der Waals surface area contributed by atoms with Crippen LogP contribution in [0.3, 0.4) is 0 Å². The summed E-state index contributed by atoms with van der Waals surface area (Å²) in [6.07, 6.45) is 0. The van der Waals surface area contributed by atoms with E-state index in [4.69, 9.17) is 16.0 Å². The van der Waals surface area contributed by atoms with Crippen LogP contribution in [0.15, 0.2) is 10.5 Å². The summed E-state index contributed by atoms with van der Waals surface area (Å²) in [7, 11) is 0. The zero-order valence-electron chi connectivity index (χ0n) is 10.2. The molecule has 0 unspecified atom stereocenters. The standard InChI is InChI=1S/C13H13ClO2S/c1-6-5-10(17-13(6)14)12(15)11-7(2)8(3)16-9(11)4/h5H,1-4H3. The van der Waals surface area contributed by atoms with Crippen molar-refractivity contribution >= 4 is 28.7 Å². The van der Waals surface area contributed by atoms with Crippen LogP contribution in [0.25, 0.3) is 0 Å². The Labute approximate surface area is 109 Å². The summed E-state index contributed by atoms with van der Waals surface area (Å²) < 4.78 is 6.15. The number of hydrogen-bond acceptors (Lipinski definition) is 3. The largest absolute Gasteiger partial charge is 0.466 e. The Kier molecular flexibility index (Phi) is 3.15. The van der Waals surface area contributed by atoms with Gasteiger partial charge in [-0.15, -0.1) is 11.3 Å². The number of halogens is 1. The number of carbonyl (C=O) groups is 1. The molecule has 0 aliphatic heterocycles. The highest BCUT2D eigenvalue weighted by molar-refractivity contribution is 7.18. The van der Waals surface area contributed by atoms with Gasteiger partial charge in [-0.2, -0.15) is 0 Å². The van der Waals surface area contributed by atoms with Crippen molar-refractivity contribution in [3.05, 3.63) is 43.5 Å². The minimum absolute atomic E-state index is 0.00292. The molecule has 0 aliphatic rings. The van der Waals surface area contributed by atoms with E-state index in [9.17, 15) is 4.79 Å². The predicted octanol–water partition coefficient (Wildman–Crippen LogP) is 4.46. The first-order valence-electron chi connectivity index (χ1n) is 5.29. The van der Waals surface area contributed by atoms with E-state index in [0.717, 1.165) is 16.9 Å². The molecule has 2 nitrogen and oxygen atoms in total. The van der Waals surface area contributed by atoms with Crippen LogP contribution in [-0.2, 0) is 0 Å². The fraction of sp³-hybridized carbons (Fsp3) is 0.308. The lowest BCUT2D eigenvalue weighted by atomic mass is 10.0. The summed E-state index contributed by atoms with van der Waals surface area (Å²) in [6.45, 7) is 7.48. The van der Waals surface area contributed by atoms with Gasteiger partial charge in [0.05, 0.1) is 14.8 Å². The summed E-state index contributed by atoms with van der Waals surface area (Å²) in [6, 6.07) is 1.83. The van der Waals surface area contributed by atoms with Crippen molar-refractivity contribution in [1.82, 2.24) is 0 Å². The molecular formula is C13H13ClO2S. The predicted molar refractivity (Wildman–Crippen MR) is 70.4 cm³/mol. The molecule has 0 amide bonds. The fourth-order valence-corrected chi connectivity index (χ4v) is 2.97. The maximum Gasteiger partial charge on any atom is 0.206 e. The number of carbonyl (C=O) groups excluding carboxylic acids is 1. The van der Waals surface area contributed by atoms with Crippen LogP contribution < -0.4 is 0 Å². The molecular weight excluding hydrogens is 256 g/mol. The Bertz CT molecular complexity index is 573. The van der Waals surface area contributed by atoms with E-state index in [0.29, 0.717) is 20.5 Å². The summed E-state index contributed by atoms with van der Waals surface area (Å²) in [5.74, 6) is 1.47. The van der Waals surface area contributed by atoms with E-state index in [1.807, 2.05) is 33.8 Å². The van der Waals surface area contributed by atoms with E-state index in [1.165, 1.54) is 11.3 Å². The first kappa shape index (κ1) is 12.4. The monoisotopic (exact) mass is 268 g/mol. The van der Waals surface area contributed by atoms with Gasteiger partial charge < -0.3 is 4.42 Å². The maximum atomic E-state index is 12.4. The highest BCUT2D eigenvalue weighted by atomic mass is 35.5. The Hall–Kier alpha value is -1.06. The van der Waals surface area contributed by atoms with Gasteiger partial charge in [0.15, 0.2) is 0 Å². The Balaban J connectivity index is 2.50. The van der Waals surface area contributed by atoms with Crippen molar-refractivity contribution in [2.45, 2.75) is 27.7 Å². The molecule has 0 aliphatic carbocycles. The number of hydrogen-bond donors (Lipinski definition) is 0. The zero-order valence-corrected chi connectivity index (χ0v) is 11.8. The molecule has 2 aromatic heterocycles. The topological polar surface area (TPSA) is 30.2 Å². The molecule has 2 heterocycles. The van der Waals surface area contributed by atoms with E-state index in [2.05, 4.69) is 0 Å². The second-order valence-electron chi connectivity index (χ2n) is 4.11. The molecule has 2 rings (SSSR count). The van der Waals surface area contributed by atoms with Gasteiger partial charge in [0.2, 0.25) is 5.78 Å². The van der Waals surface area contributed by atoms with E-state index in [-0.39, 0.29) is 5.78 Å². The molecule has 0 atom stereocenters. The minimum atomic E-state index is -0.00292. The molecule has 4 heteroatoms. The van der Waals surface area contributed by atoms with Crippen LogP contribution in [0, 0.1) is 27.7 Å². The summed E-state index contributed by atoms with van der Waals surface area (Å²) in [5, 5.41) is 0. The molecule has 0 bridgehead atoms. The first-order chi connectivity index (χ1) is 7.91. The Morgan fingerprint density at radius 2 is 1.88 bits per heavy atom. The van der Waals surface area contributed by atoms with Crippen LogP contribution in [0.4, 0.5) is 0 Å². The molecule has 0 spiro atoms. The molecule has 0 saturated carbocycles. The smallest absolute Gasteiger partial charge is 0.206 e. The third-order valence-electron chi connectivity index (χ3n) is 2.87. The molecule has 0 saturated heterocycles. The quantitative estimate of drug-likeness (QED) is 0.753. The summed E-state index contributed by atoms with van der Waals surface area (Å²) >= 11 is 7.31. The summed E-state index contributed by atoms with van der Waals surface area (Å²) in [5.41, 5.74) is 2.52. The summed E-state index contributed by atoms with van der Waals surface area (Å²) in [4.78, 5) is 13.0. The number of aryl methyl sites for hydroxylation is 3. The van der Waals surface area contributed by atoms with Gasteiger partial charge >= 0.3 is 0 Å². The number of ketones is 1.